The monoisotopic (exact) mass is 330 g/mol. The predicted molar refractivity (Wildman–Crippen MR) is 73.0 cm³/mol. The van der Waals surface area contributed by atoms with E-state index in [0.717, 1.165) is 0 Å². The van der Waals surface area contributed by atoms with Crippen molar-refractivity contribution in [2.45, 2.75) is 0 Å². The number of nitrogens with one attached hydrogen (secondary N) is 1. The first kappa shape index (κ1) is 15.2. The fourth-order valence-electron chi connectivity index (χ4n) is 1.30. The summed E-state index contributed by atoms with van der Waals surface area (Å²) >= 11 is 3.20. The molecule has 0 saturated carbocycles. The van der Waals surface area contributed by atoms with Crippen molar-refractivity contribution in [3.8, 4) is 18.2 Å². The van der Waals surface area contributed by atoms with E-state index in [4.69, 9.17) is 15.8 Å². The zero-order valence-electron chi connectivity index (χ0n) is 10.3. The van der Waals surface area contributed by atoms with E-state index in [1.807, 2.05) is 0 Å². The lowest BCUT2D eigenvalue weighted by molar-refractivity contribution is 0.0599. The van der Waals surface area contributed by atoms with Crippen LogP contribution in [-0.4, -0.2) is 13.1 Å². The van der Waals surface area contributed by atoms with Gasteiger partial charge in [0, 0.05) is 10.2 Å². The van der Waals surface area contributed by atoms with Crippen molar-refractivity contribution >= 4 is 27.6 Å². The number of nitrogens with zero attached hydrogens (tertiary/aromatic N) is 3. The van der Waals surface area contributed by atoms with Gasteiger partial charge in [-0.15, -0.1) is 0 Å². The van der Waals surface area contributed by atoms with Crippen molar-refractivity contribution in [1.29, 1.82) is 15.8 Å². The van der Waals surface area contributed by atoms with Crippen LogP contribution < -0.4 is 5.32 Å². The van der Waals surface area contributed by atoms with Gasteiger partial charge in [0.1, 0.15) is 23.9 Å². The molecule has 98 valence electrons. The Morgan fingerprint density at radius 2 is 1.90 bits per heavy atom. The summed E-state index contributed by atoms with van der Waals surface area (Å²) in [6, 6.07) is 9.57. The molecule has 0 aromatic heterocycles. The standard InChI is InChI=1S/C13H7BrN4O2/c1-20-13(19)10-4-9(2-3-11(10)14)18-12(7-17)8(5-15)6-16/h2-4,18H,1H3. The highest BCUT2D eigenvalue weighted by Gasteiger charge is 2.12. The smallest absolute Gasteiger partial charge is 0.339 e. The number of benzene rings is 1. The number of methoxy groups -OCH3 is 1. The molecule has 0 heterocycles. The molecule has 0 radical (unpaired) electrons. The number of allylic oxidation sites excluding steroid dienone is 2. The Balaban J connectivity index is 3.22. The molecule has 1 rings (SSSR count). The fraction of sp³-hybridized carbons (Fsp3) is 0.0769. The van der Waals surface area contributed by atoms with Gasteiger partial charge in [-0.25, -0.2) is 4.79 Å². The van der Waals surface area contributed by atoms with Gasteiger partial charge < -0.3 is 10.1 Å². The molecule has 1 aromatic carbocycles. The summed E-state index contributed by atoms with van der Waals surface area (Å²) < 4.78 is 5.14. The molecule has 0 fully saturated rings. The zero-order valence-corrected chi connectivity index (χ0v) is 11.9. The van der Waals surface area contributed by atoms with Crippen LogP contribution in [-0.2, 0) is 4.74 Å². The quantitative estimate of drug-likeness (QED) is 0.673. The highest BCUT2D eigenvalue weighted by Crippen LogP contribution is 2.23. The first-order chi connectivity index (χ1) is 9.57. The maximum absolute atomic E-state index is 11.5. The Morgan fingerprint density at radius 1 is 1.25 bits per heavy atom. The number of anilines is 1. The number of hydrogen-bond acceptors (Lipinski definition) is 6. The maximum Gasteiger partial charge on any atom is 0.339 e. The summed E-state index contributed by atoms with van der Waals surface area (Å²) in [5, 5.41) is 29.0. The molecule has 0 atom stereocenters. The second kappa shape index (κ2) is 6.94. The van der Waals surface area contributed by atoms with E-state index in [1.165, 1.54) is 13.2 Å². The summed E-state index contributed by atoms with van der Waals surface area (Å²) in [5.74, 6) is -0.552. The lowest BCUT2D eigenvalue weighted by Crippen LogP contribution is -2.05. The molecule has 0 spiro atoms. The maximum atomic E-state index is 11.5. The van der Waals surface area contributed by atoms with Gasteiger partial charge in [0.25, 0.3) is 0 Å². The molecule has 6 nitrogen and oxygen atoms in total. The van der Waals surface area contributed by atoms with Crippen LogP contribution in [0.4, 0.5) is 5.69 Å². The molecule has 1 aromatic rings. The summed E-state index contributed by atoms with van der Waals surface area (Å²) in [7, 11) is 1.25. The minimum absolute atomic E-state index is 0.187. The van der Waals surface area contributed by atoms with Crippen LogP contribution in [0.1, 0.15) is 10.4 Å². The minimum Gasteiger partial charge on any atom is -0.465 e. The van der Waals surface area contributed by atoms with E-state index in [9.17, 15) is 4.79 Å². The molecule has 0 aliphatic rings. The van der Waals surface area contributed by atoms with Crippen LogP contribution in [0.3, 0.4) is 0 Å². The zero-order chi connectivity index (χ0) is 15.1. The number of rotatable bonds is 3. The lowest BCUT2D eigenvalue weighted by atomic mass is 10.2. The van der Waals surface area contributed by atoms with E-state index in [0.29, 0.717) is 10.2 Å². The summed E-state index contributed by atoms with van der Waals surface area (Å²) in [4.78, 5) is 11.5. The molecule has 20 heavy (non-hydrogen) atoms. The molecule has 0 amide bonds. The van der Waals surface area contributed by atoms with Gasteiger partial charge in [0.15, 0.2) is 5.57 Å². The molecule has 0 aliphatic heterocycles. The second-order valence-electron chi connectivity index (χ2n) is 3.40. The Hall–Kier alpha value is -2.82. The van der Waals surface area contributed by atoms with Crippen LogP contribution >= 0.6 is 15.9 Å². The number of carbonyl (C=O) groups excluding carboxylic acids is 1. The van der Waals surface area contributed by atoms with Crippen LogP contribution in [0.5, 0.6) is 0 Å². The van der Waals surface area contributed by atoms with Gasteiger partial charge in [-0.1, -0.05) is 0 Å². The van der Waals surface area contributed by atoms with Gasteiger partial charge in [0.2, 0.25) is 0 Å². The minimum atomic E-state index is -0.552. The van der Waals surface area contributed by atoms with E-state index in [1.54, 1.807) is 30.3 Å². The average molecular weight is 331 g/mol. The SMILES string of the molecule is COC(=O)c1cc(NC(C#N)=C(C#N)C#N)ccc1Br. The average Bonchev–Trinajstić information content (AvgIpc) is 2.48. The van der Waals surface area contributed by atoms with E-state index in [-0.39, 0.29) is 16.8 Å². The Morgan fingerprint density at radius 3 is 2.40 bits per heavy atom. The molecular formula is C13H7BrN4O2. The number of halogens is 1. The number of nitriles is 3. The Bertz CT molecular complexity index is 689. The van der Waals surface area contributed by atoms with Crippen molar-refractivity contribution in [3.05, 3.63) is 39.5 Å². The topological polar surface area (TPSA) is 110 Å². The van der Waals surface area contributed by atoms with Gasteiger partial charge in [-0.05, 0) is 34.1 Å². The number of carbonyl (C=O) groups is 1. The first-order valence-electron chi connectivity index (χ1n) is 5.16. The molecule has 0 unspecified atom stereocenters. The van der Waals surface area contributed by atoms with Crippen molar-refractivity contribution in [1.82, 2.24) is 0 Å². The van der Waals surface area contributed by atoms with Crippen molar-refractivity contribution in [2.75, 3.05) is 12.4 Å². The van der Waals surface area contributed by atoms with Gasteiger partial charge in [0.05, 0.1) is 12.7 Å². The predicted octanol–water partition coefficient (Wildman–Crippen LogP) is 2.47. The number of esters is 1. The molecule has 0 saturated heterocycles. The lowest BCUT2D eigenvalue weighted by Gasteiger charge is -2.08. The normalized spacial score (nSPS) is 8.55. The summed E-state index contributed by atoms with van der Waals surface area (Å²) in [6.07, 6.45) is 0. The molecule has 7 heteroatoms. The molecule has 0 aliphatic carbocycles. The van der Waals surface area contributed by atoms with Crippen LogP contribution in [0.2, 0.25) is 0 Å². The third-order valence-electron chi connectivity index (χ3n) is 2.23. The van der Waals surface area contributed by atoms with E-state index >= 15 is 0 Å². The fourth-order valence-corrected chi connectivity index (χ4v) is 1.71. The summed E-state index contributed by atoms with van der Waals surface area (Å²) in [6.45, 7) is 0. The highest BCUT2D eigenvalue weighted by molar-refractivity contribution is 9.10. The van der Waals surface area contributed by atoms with E-state index in [2.05, 4.69) is 26.0 Å². The number of hydrogen-bond donors (Lipinski definition) is 1. The van der Waals surface area contributed by atoms with Crippen LogP contribution in [0, 0.1) is 34.0 Å². The van der Waals surface area contributed by atoms with Crippen LogP contribution in [0.25, 0.3) is 0 Å². The van der Waals surface area contributed by atoms with Crippen molar-refractivity contribution < 1.29 is 9.53 Å². The third-order valence-corrected chi connectivity index (χ3v) is 2.92. The highest BCUT2D eigenvalue weighted by atomic mass is 79.9. The van der Waals surface area contributed by atoms with Crippen LogP contribution in [0.15, 0.2) is 33.9 Å². The Labute approximate surface area is 123 Å². The van der Waals surface area contributed by atoms with Crippen molar-refractivity contribution in [2.24, 2.45) is 0 Å². The van der Waals surface area contributed by atoms with E-state index < -0.39 is 5.97 Å². The Kier molecular flexibility index (Phi) is 5.29. The van der Waals surface area contributed by atoms with Gasteiger partial charge >= 0.3 is 5.97 Å². The molecule has 1 N–H and O–H groups in total. The largest absolute Gasteiger partial charge is 0.465 e. The second-order valence-corrected chi connectivity index (χ2v) is 4.25. The van der Waals surface area contributed by atoms with Crippen molar-refractivity contribution in [3.63, 3.8) is 0 Å². The van der Waals surface area contributed by atoms with Gasteiger partial charge in [-0.3, -0.25) is 0 Å². The number of ether oxygens (including phenoxy) is 1. The first-order valence-corrected chi connectivity index (χ1v) is 5.96. The molecular weight excluding hydrogens is 324 g/mol. The third kappa shape index (κ3) is 3.35. The summed E-state index contributed by atoms with van der Waals surface area (Å²) in [5.41, 5.74) is 0.113. The molecule has 0 bridgehead atoms. The van der Waals surface area contributed by atoms with Gasteiger partial charge in [-0.2, -0.15) is 15.8 Å².